The molecule has 0 saturated heterocycles. The Bertz CT molecular complexity index is 546. The van der Waals surface area contributed by atoms with Crippen molar-refractivity contribution < 1.29 is 14.7 Å². The fourth-order valence-electron chi connectivity index (χ4n) is 2.49. The van der Waals surface area contributed by atoms with Crippen LogP contribution >= 0.6 is 0 Å². The number of aromatic nitrogens is 1. The van der Waals surface area contributed by atoms with E-state index in [-0.39, 0.29) is 5.91 Å². The second kappa shape index (κ2) is 5.86. The Morgan fingerprint density at radius 2 is 1.85 bits per heavy atom. The average molecular weight is 273 g/mol. The highest BCUT2D eigenvalue weighted by Gasteiger charge is 2.30. The highest BCUT2D eigenvalue weighted by molar-refractivity contribution is 5.94. The van der Waals surface area contributed by atoms with Crippen molar-refractivity contribution in [1.82, 2.24) is 4.98 Å². The first-order valence-corrected chi connectivity index (χ1v) is 6.59. The molecule has 0 bridgehead atoms. The van der Waals surface area contributed by atoms with Crippen molar-refractivity contribution in [3.05, 3.63) is 35.5 Å². The van der Waals surface area contributed by atoms with Gasteiger partial charge < -0.3 is 15.2 Å². The lowest BCUT2D eigenvalue weighted by Crippen LogP contribution is -2.41. The third kappa shape index (κ3) is 3.23. The monoisotopic (exact) mass is 273 g/mol. The Morgan fingerprint density at radius 3 is 2.45 bits per heavy atom. The summed E-state index contributed by atoms with van der Waals surface area (Å²) >= 11 is 0. The molecular weight excluding hydrogens is 256 g/mol. The Balaban J connectivity index is 2.14. The van der Waals surface area contributed by atoms with Gasteiger partial charge in [-0.1, -0.05) is 12.2 Å². The summed E-state index contributed by atoms with van der Waals surface area (Å²) in [7, 11) is 0. The molecule has 20 heavy (non-hydrogen) atoms. The highest BCUT2D eigenvalue weighted by atomic mass is 16.4. The summed E-state index contributed by atoms with van der Waals surface area (Å²) in [6.45, 7) is 3.76. The number of anilines is 1. The van der Waals surface area contributed by atoms with Crippen LogP contribution in [0.4, 0.5) is 5.82 Å². The average Bonchev–Trinajstić information content (AvgIpc) is 2.37. The standard InChI is InChI=1S/C15H18N2O3/c1-9-7-10(2)16-13(8-9)17-14(18)11-5-3-4-6-12(11)15(19)20/h3-4,7-8,11-12H,5-6H2,1-2H3,(H,19,20)(H,16,17,18)/p-1. The van der Waals surface area contributed by atoms with Gasteiger partial charge in [-0.25, -0.2) is 4.98 Å². The van der Waals surface area contributed by atoms with E-state index in [0.29, 0.717) is 18.7 Å². The molecule has 1 amide bonds. The maximum Gasteiger partial charge on any atom is 0.229 e. The first-order chi connectivity index (χ1) is 9.47. The van der Waals surface area contributed by atoms with Gasteiger partial charge in [-0.2, -0.15) is 0 Å². The molecule has 2 atom stereocenters. The van der Waals surface area contributed by atoms with Crippen LogP contribution in [0.5, 0.6) is 0 Å². The number of carboxylic acids is 1. The number of hydrogen-bond donors (Lipinski definition) is 1. The van der Waals surface area contributed by atoms with Crippen molar-refractivity contribution in [2.75, 3.05) is 5.32 Å². The molecule has 1 heterocycles. The number of nitrogens with zero attached hydrogens (tertiary/aromatic N) is 1. The molecule has 1 aromatic rings. The molecule has 1 aliphatic carbocycles. The lowest BCUT2D eigenvalue weighted by Gasteiger charge is -2.28. The van der Waals surface area contributed by atoms with E-state index in [2.05, 4.69) is 10.3 Å². The molecule has 0 aromatic carbocycles. The van der Waals surface area contributed by atoms with Crippen LogP contribution in [0.1, 0.15) is 24.1 Å². The maximum absolute atomic E-state index is 12.2. The predicted octanol–water partition coefficient (Wildman–Crippen LogP) is 0.969. The van der Waals surface area contributed by atoms with Gasteiger partial charge in [0.15, 0.2) is 0 Å². The molecule has 2 rings (SSSR count). The van der Waals surface area contributed by atoms with Crippen molar-refractivity contribution in [3.63, 3.8) is 0 Å². The van der Waals surface area contributed by atoms with Crippen molar-refractivity contribution >= 4 is 17.7 Å². The molecule has 106 valence electrons. The van der Waals surface area contributed by atoms with Gasteiger partial charge in [0.05, 0.1) is 5.92 Å². The highest BCUT2D eigenvalue weighted by Crippen LogP contribution is 2.26. The van der Waals surface area contributed by atoms with E-state index in [1.54, 1.807) is 12.1 Å². The number of pyridine rings is 1. The second-order valence-electron chi connectivity index (χ2n) is 5.14. The van der Waals surface area contributed by atoms with Crippen LogP contribution in [0.2, 0.25) is 0 Å². The first kappa shape index (κ1) is 14.2. The number of carbonyl (C=O) groups excluding carboxylic acids is 2. The molecule has 1 aliphatic rings. The van der Waals surface area contributed by atoms with Crippen molar-refractivity contribution in [2.45, 2.75) is 26.7 Å². The fourth-order valence-corrected chi connectivity index (χ4v) is 2.49. The summed E-state index contributed by atoms with van der Waals surface area (Å²) < 4.78 is 0. The molecule has 0 spiro atoms. The number of carbonyl (C=O) groups is 2. The number of aliphatic carboxylic acids is 1. The molecule has 5 nitrogen and oxygen atoms in total. The molecule has 0 radical (unpaired) electrons. The minimum atomic E-state index is -1.18. The van der Waals surface area contributed by atoms with Crippen molar-refractivity contribution in [3.8, 4) is 0 Å². The fraction of sp³-hybridized carbons (Fsp3) is 0.400. The van der Waals surface area contributed by atoms with E-state index in [1.807, 2.05) is 26.0 Å². The third-order valence-corrected chi connectivity index (χ3v) is 3.42. The van der Waals surface area contributed by atoms with Crippen LogP contribution < -0.4 is 10.4 Å². The van der Waals surface area contributed by atoms with E-state index < -0.39 is 17.8 Å². The maximum atomic E-state index is 12.2. The Labute approximate surface area is 117 Å². The number of amides is 1. The Hall–Kier alpha value is -2.17. The zero-order chi connectivity index (χ0) is 14.7. The van der Waals surface area contributed by atoms with Crippen LogP contribution in [0.15, 0.2) is 24.3 Å². The number of allylic oxidation sites excluding steroid dienone is 2. The predicted molar refractivity (Wildman–Crippen MR) is 72.7 cm³/mol. The topological polar surface area (TPSA) is 82.1 Å². The van der Waals surface area contributed by atoms with Gasteiger partial charge in [-0.05, 0) is 44.4 Å². The summed E-state index contributed by atoms with van der Waals surface area (Å²) in [6.07, 6.45) is 4.36. The molecule has 0 aliphatic heterocycles. The SMILES string of the molecule is Cc1cc(C)nc(NC(=O)C2CC=CCC2C(=O)[O-])c1. The minimum absolute atomic E-state index is 0.318. The number of carboxylic acid groups (broad SMARTS) is 1. The molecule has 0 fully saturated rings. The lowest BCUT2D eigenvalue weighted by atomic mass is 9.82. The van der Waals surface area contributed by atoms with Gasteiger partial charge in [0.2, 0.25) is 5.91 Å². The molecule has 0 saturated carbocycles. The van der Waals surface area contributed by atoms with Crippen LogP contribution in [0.25, 0.3) is 0 Å². The van der Waals surface area contributed by atoms with Gasteiger partial charge in [0, 0.05) is 17.6 Å². The summed E-state index contributed by atoms with van der Waals surface area (Å²) in [4.78, 5) is 27.5. The van der Waals surface area contributed by atoms with Gasteiger partial charge in [0.1, 0.15) is 5.82 Å². The molecule has 5 heteroatoms. The summed E-state index contributed by atoms with van der Waals surface area (Å²) in [6, 6.07) is 3.67. The lowest BCUT2D eigenvalue weighted by molar-refractivity contribution is -0.313. The second-order valence-corrected chi connectivity index (χ2v) is 5.14. The summed E-state index contributed by atoms with van der Waals surface area (Å²) in [5.74, 6) is -2.42. The van der Waals surface area contributed by atoms with Gasteiger partial charge in [-0.3, -0.25) is 4.79 Å². The number of hydrogen-bond acceptors (Lipinski definition) is 4. The molecule has 2 unspecified atom stereocenters. The molecule has 1 N–H and O–H groups in total. The van der Waals surface area contributed by atoms with Gasteiger partial charge in [0.25, 0.3) is 0 Å². The van der Waals surface area contributed by atoms with Crippen LogP contribution in [-0.4, -0.2) is 16.9 Å². The molecular formula is C15H17N2O3-. The number of nitrogens with one attached hydrogen (secondary N) is 1. The number of rotatable bonds is 3. The van der Waals surface area contributed by atoms with E-state index in [0.717, 1.165) is 11.3 Å². The smallest absolute Gasteiger partial charge is 0.229 e. The van der Waals surface area contributed by atoms with Crippen LogP contribution in [-0.2, 0) is 9.59 Å². The van der Waals surface area contributed by atoms with Gasteiger partial charge in [-0.15, -0.1) is 0 Å². The molecule has 1 aromatic heterocycles. The summed E-state index contributed by atoms with van der Waals surface area (Å²) in [5, 5.41) is 13.8. The largest absolute Gasteiger partial charge is 0.550 e. The number of aryl methyl sites for hydroxylation is 2. The first-order valence-electron chi connectivity index (χ1n) is 6.59. The zero-order valence-electron chi connectivity index (χ0n) is 11.6. The van der Waals surface area contributed by atoms with E-state index in [1.165, 1.54) is 0 Å². The van der Waals surface area contributed by atoms with Crippen LogP contribution in [0, 0.1) is 25.7 Å². The quantitative estimate of drug-likeness (QED) is 0.832. The van der Waals surface area contributed by atoms with E-state index >= 15 is 0 Å². The van der Waals surface area contributed by atoms with Crippen molar-refractivity contribution in [1.29, 1.82) is 0 Å². The van der Waals surface area contributed by atoms with Crippen LogP contribution in [0.3, 0.4) is 0 Å². The van der Waals surface area contributed by atoms with Crippen molar-refractivity contribution in [2.24, 2.45) is 11.8 Å². The normalized spacial score (nSPS) is 21.5. The third-order valence-electron chi connectivity index (χ3n) is 3.42. The zero-order valence-corrected chi connectivity index (χ0v) is 11.6. The Morgan fingerprint density at radius 1 is 1.20 bits per heavy atom. The Kier molecular flexibility index (Phi) is 4.17. The van der Waals surface area contributed by atoms with E-state index in [9.17, 15) is 14.7 Å². The van der Waals surface area contributed by atoms with Gasteiger partial charge >= 0.3 is 0 Å². The van der Waals surface area contributed by atoms with E-state index in [4.69, 9.17) is 0 Å². The minimum Gasteiger partial charge on any atom is -0.550 e. The summed E-state index contributed by atoms with van der Waals surface area (Å²) in [5.41, 5.74) is 1.80.